The molecule has 1 rings (SSSR count). The second-order valence-corrected chi connectivity index (χ2v) is 6.36. The molecule has 1 aromatic rings. The predicted molar refractivity (Wildman–Crippen MR) is 98.9 cm³/mol. The van der Waals surface area contributed by atoms with Crippen molar-refractivity contribution in [1.29, 1.82) is 0 Å². The Morgan fingerprint density at radius 1 is 1.12 bits per heavy atom. The average molecular weight is 370 g/mol. The number of carbonyl (C=O) groups is 1. The van der Waals surface area contributed by atoms with E-state index in [2.05, 4.69) is 22.6 Å². The molecule has 1 heterocycles. The quantitative estimate of drug-likeness (QED) is 0.443. The van der Waals surface area contributed by atoms with Crippen LogP contribution in [0.5, 0.6) is 0 Å². The van der Waals surface area contributed by atoms with Crippen LogP contribution in [-0.4, -0.2) is 67.1 Å². The SMILES string of the molecule is CCCCc1cn(CCOCCOCCOCCNC(=O)C(C)C)nn1. The van der Waals surface area contributed by atoms with E-state index in [1.807, 2.05) is 24.7 Å². The number of ether oxygens (including phenoxy) is 3. The number of carbonyl (C=O) groups excluding carboxylic acids is 1. The standard InChI is InChI=1S/C18H34N4O4/c1-4-5-6-17-15-22(21-20-17)8-10-25-12-14-26-13-11-24-9-7-19-18(23)16(2)3/h15-16H,4-14H2,1-3H3,(H,19,23). The van der Waals surface area contributed by atoms with Crippen molar-refractivity contribution in [1.82, 2.24) is 20.3 Å². The first kappa shape index (κ1) is 22.5. The number of hydrogen-bond donors (Lipinski definition) is 1. The van der Waals surface area contributed by atoms with E-state index in [-0.39, 0.29) is 11.8 Å². The topological polar surface area (TPSA) is 87.5 Å². The van der Waals surface area contributed by atoms with Gasteiger partial charge in [-0.2, -0.15) is 0 Å². The zero-order valence-corrected chi connectivity index (χ0v) is 16.4. The van der Waals surface area contributed by atoms with Crippen LogP contribution < -0.4 is 5.32 Å². The van der Waals surface area contributed by atoms with E-state index in [9.17, 15) is 4.79 Å². The van der Waals surface area contributed by atoms with Crippen molar-refractivity contribution < 1.29 is 19.0 Å². The zero-order valence-electron chi connectivity index (χ0n) is 16.4. The third kappa shape index (κ3) is 11.2. The summed E-state index contributed by atoms with van der Waals surface area (Å²) in [5, 5.41) is 11.0. The van der Waals surface area contributed by atoms with Crippen LogP contribution in [0.1, 0.15) is 39.3 Å². The molecule has 0 fully saturated rings. The first-order chi connectivity index (χ1) is 12.6. The molecule has 26 heavy (non-hydrogen) atoms. The summed E-state index contributed by atoms with van der Waals surface area (Å²) in [6.45, 7) is 10.3. The molecule has 8 heteroatoms. The van der Waals surface area contributed by atoms with Gasteiger partial charge in [0.05, 0.1) is 51.9 Å². The van der Waals surface area contributed by atoms with Gasteiger partial charge in [0.15, 0.2) is 0 Å². The van der Waals surface area contributed by atoms with Crippen LogP contribution in [0.4, 0.5) is 0 Å². The molecule has 0 saturated heterocycles. The Hall–Kier alpha value is -1.51. The summed E-state index contributed by atoms with van der Waals surface area (Å²) in [4.78, 5) is 11.3. The number of unbranched alkanes of at least 4 members (excludes halogenated alkanes) is 1. The maximum Gasteiger partial charge on any atom is 0.222 e. The van der Waals surface area contributed by atoms with Crippen LogP contribution in [0.25, 0.3) is 0 Å². The predicted octanol–water partition coefficient (Wildman–Crippen LogP) is 1.44. The molecule has 0 aromatic carbocycles. The van der Waals surface area contributed by atoms with E-state index in [1.165, 1.54) is 0 Å². The molecule has 0 radical (unpaired) electrons. The molecule has 0 aliphatic rings. The zero-order chi connectivity index (χ0) is 19.0. The highest BCUT2D eigenvalue weighted by atomic mass is 16.5. The molecule has 150 valence electrons. The lowest BCUT2D eigenvalue weighted by atomic mass is 10.2. The molecule has 1 amide bonds. The highest BCUT2D eigenvalue weighted by molar-refractivity contribution is 5.77. The van der Waals surface area contributed by atoms with E-state index in [0.717, 1.165) is 25.0 Å². The van der Waals surface area contributed by atoms with Crippen molar-refractivity contribution in [3.8, 4) is 0 Å². The van der Waals surface area contributed by atoms with Gasteiger partial charge < -0.3 is 19.5 Å². The van der Waals surface area contributed by atoms with E-state index < -0.39 is 0 Å². The Morgan fingerprint density at radius 2 is 1.77 bits per heavy atom. The van der Waals surface area contributed by atoms with Crippen molar-refractivity contribution >= 4 is 5.91 Å². The number of aryl methyl sites for hydroxylation is 1. The van der Waals surface area contributed by atoms with Gasteiger partial charge in [-0.3, -0.25) is 4.79 Å². The average Bonchev–Trinajstić information content (AvgIpc) is 3.08. The fourth-order valence-electron chi connectivity index (χ4n) is 2.07. The fourth-order valence-corrected chi connectivity index (χ4v) is 2.07. The van der Waals surface area contributed by atoms with E-state index in [4.69, 9.17) is 14.2 Å². The molecule has 0 bridgehead atoms. The number of rotatable bonds is 16. The van der Waals surface area contributed by atoms with Crippen LogP contribution in [0.15, 0.2) is 6.20 Å². The molecule has 1 aromatic heterocycles. The Balaban J connectivity index is 1.85. The molecule has 0 unspecified atom stereocenters. The molecule has 0 saturated carbocycles. The number of hydrogen-bond acceptors (Lipinski definition) is 6. The minimum Gasteiger partial charge on any atom is -0.377 e. The lowest BCUT2D eigenvalue weighted by Gasteiger charge is -2.09. The largest absolute Gasteiger partial charge is 0.377 e. The maximum atomic E-state index is 11.3. The van der Waals surface area contributed by atoms with Gasteiger partial charge in [-0.25, -0.2) is 4.68 Å². The normalized spacial score (nSPS) is 11.2. The molecule has 0 aliphatic heterocycles. The minimum absolute atomic E-state index is 0.00556. The van der Waals surface area contributed by atoms with Gasteiger partial charge in [0.1, 0.15) is 0 Å². The summed E-state index contributed by atoms with van der Waals surface area (Å²) in [6.07, 6.45) is 5.27. The van der Waals surface area contributed by atoms with Crippen molar-refractivity contribution in [2.45, 2.75) is 46.6 Å². The Bertz CT molecular complexity index is 480. The fraction of sp³-hybridized carbons (Fsp3) is 0.833. The Labute approximate surface area is 156 Å². The third-order valence-electron chi connectivity index (χ3n) is 3.65. The summed E-state index contributed by atoms with van der Waals surface area (Å²) in [5.74, 6) is 0.0519. The highest BCUT2D eigenvalue weighted by Crippen LogP contribution is 2.00. The summed E-state index contributed by atoms with van der Waals surface area (Å²) in [7, 11) is 0. The molecule has 1 N–H and O–H groups in total. The summed E-state index contributed by atoms with van der Waals surface area (Å²) in [6, 6.07) is 0. The van der Waals surface area contributed by atoms with E-state index >= 15 is 0 Å². The second kappa shape index (κ2) is 14.6. The molecule has 8 nitrogen and oxygen atoms in total. The van der Waals surface area contributed by atoms with Crippen LogP contribution in [0.3, 0.4) is 0 Å². The summed E-state index contributed by atoms with van der Waals surface area (Å²) < 4.78 is 18.1. The van der Waals surface area contributed by atoms with Gasteiger partial charge in [0.2, 0.25) is 5.91 Å². The molecular weight excluding hydrogens is 336 g/mol. The van der Waals surface area contributed by atoms with Crippen molar-refractivity contribution in [3.05, 3.63) is 11.9 Å². The highest BCUT2D eigenvalue weighted by Gasteiger charge is 2.04. The van der Waals surface area contributed by atoms with Gasteiger partial charge in [-0.05, 0) is 12.8 Å². The van der Waals surface area contributed by atoms with Crippen molar-refractivity contribution in [2.75, 3.05) is 46.2 Å². The lowest BCUT2D eigenvalue weighted by Crippen LogP contribution is -2.31. The molecule has 0 atom stereocenters. The van der Waals surface area contributed by atoms with Crippen LogP contribution in [0, 0.1) is 5.92 Å². The molecule has 0 aliphatic carbocycles. The van der Waals surface area contributed by atoms with Crippen molar-refractivity contribution in [2.24, 2.45) is 5.92 Å². The second-order valence-electron chi connectivity index (χ2n) is 6.36. The Kier molecular flexibility index (Phi) is 12.7. The van der Waals surface area contributed by atoms with Crippen molar-refractivity contribution in [3.63, 3.8) is 0 Å². The minimum atomic E-state index is 0.00556. The smallest absolute Gasteiger partial charge is 0.222 e. The van der Waals surface area contributed by atoms with Crippen LogP contribution >= 0.6 is 0 Å². The van der Waals surface area contributed by atoms with E-state index in [1.54, 1.807) is 0 Å². The number of nitrogens with one attached hydrogen (secondary N) is 1. The number of amides is 1. The Morgan fingerprint density at radius 3 is 2.42 bits per heavy atom. The monoisotopic (exact) mass is 370 g/mol. The van der Waals surface area contributed by atoms with Gasteiger partial charge in [0, 0.05) is 18.7 Å². The van der Waals surface area contributed by atoms with Gasteiger partial charge >= 0.3 is 0 Å². The number of nitrogens with zero attached hydrogens (tertiary/aromatic N) is 3. The van der Waals surface area contributed by atoms with E-state index in [0.29, 0.717) is 52.7 Å². The lowest BCUT2D eigenvalue weighted by molar-refractivity contribution is -0.124. The third-order valence-corrected chi connectivity index (χ3v) is 3.65. The molecular formula is C18H34N4O4. The maximum absolute atomic E-state index is 11.3. The first-order valence-corrected chi connectivity index (χ1v) is 9.53. The van der Waals surface area contributed by atoms with Gasteiger partial charge in [0.25, 0.3) is 0 Å². The number of aromatic nitrogens is 3. The van der Waals surface area contributed by atoms with Crippen LogP contribution in [-0.2, 0) is 32.0 Å². The van der Waals surface area contributed by atoms with Gasteiger partial charge in [-0.15, -0.1) is 5.10 Å². The summed E-state index contributed by atoms with van der Waals surface area (Å²) in [5.41, 5.74) is 1.04. The van der Waals surface area contributed by atoms with Gasteiger partial charge in [-0.1, -0.05) is 32.4 Å². The summed E-state index contributed by atoms with van der Waals surface area (Å²) >= 11 is 0. The first-order valence-electron chi connectivity index (χ1n) is 9.53. The van der Waals surface area contributed by atoms with Crippen LogP contribution in [0.2, 0.25) is 0 Å². The molecule has 0 spiro atoms.